The highest BCUT2D eigenvalue weighted by atomic mass is 19.1. The molecule has 1 fully saturated rings. The van der Waals surface area contributed by atoms with Crippen molar-refractivity contribution in [2.24, 2.45) is 5.73 Å². The van der Waals surface area contributed by atoms with Crippen molar-refractivity contribution in [1.29, 1.82) is 0 Å². The number of aliphatic hydroxyl groups is 1. The second-order valence-electron chi connectivity index (χ2n) is 3.88. The van der Waals surface area contributed by atoms with Crippen molar-refractivity contribution in [3.63, 3.8) is 0 Å². The van der Waals surface area contributed by atoms with Crippen LogP contribution in [0.3, 0.4) is 0 Å². The number of rotatable bonds is 2. The second kappa shape index (κ2) is 4.40. The topological polar surface area (TPSA) is 116 Å². The Morgan fingerprint density at radius 1 is 1.71 bits per heavy atom. The largest absolute Gasteiger partial charge is 0.394 e. The Hall–Kier alpha value is -1.51. The molecule has 0 radical (unpaired) electrons. The van der Waals surface area contributed by atoms with Crippen LogP contribution in [0.5, 0.6) is 0 Å². The fraction of sp³-hybridized carbons (Fsp3) is 0.556. The van der Waals surface area contributed by atoms with Gasteiger partial charge in [0, 0.05) is 12.5 Å². The zero-order chi connectivity index (χ0) is 12.6. The SMILES string of the molecule is Nc1nc(=O)n([C@H]2CC(N)[C@@H](CO)O2)cc1F. The molecule has 17 heavy (non-hydrogen) atoms. The number of hydrogen-bond acceptors (Lipinski definition) is 6. The monoisotopic (exact) mass is 244 g/mol. The first-order chi connectivity index (χ1) is 8.02. The number of aliphatic hydroxyl groups excluding tert-OH is 1. The van der Waals surface area contributed by atoms with Crippen molar-refractivity contribution in [3.8, 4) is 0 Å². The van der Waals surface area contributed by atoms with Crippen LogP contribution in [0, 0.1) is 5.82 Å². The maximum Gasteiger partial charge on any atom is 0.351 e. The Kier molecular flexibility index (Phi) is 3.09. The minimum Gasteiger partial charge on any atom is -0.394 e. The number of nitrogens with two attached hydrogens (primary N) is 2. The fourth-order valence-corrected chi connectivity index (χ4v) is 1.76. The van der Waals surface area contributed by atoms with Crippen LogP contribution in [0.1, 0.15) is 12.6 Å². The van der Waals surface area contributed by atoms with E-state index in [2.05, 4.69) is 4.98 Å². The first-order valence-electron chi connectivity index (χ1n) is 5.09. The van der Waals surface area contributed by atoms with Gasteiger partial charge in [-0.2, -0.15) is 4.98 Å². The summed E-state index contributed by atoms with van der Waals surface area (Å²) in [5.74, 6) is -1.25. The Labute approximate surface area is 95.8 Å². The molecular formula is C9H13FN4O3. The molecular weight excluding hydrogens is 231 g/mol. The molecule has 0 spiro atoms. The number of hydrogen-bond donors (Lipinski definition) is 3. The quantitative estimate of drug-likeness (QED) is 0.587. The lowest BCUT2D eigenvalue weighted by Crippen LogP contribution is -2.32. The highest BCUT2D eigenvalue weighted by Crippen LogP contribution is 2.26. The molecule has 0 amide bonds. The lowest BCUT2D eigenvalue weighted by atomic mass is 10.1. The van der Waals surface area contributed by atoms with E-state index in [1.165, 1.54) is 0 Å². The average Bonchev–Trinajstić information content (AvgIpc) is 2.65. The zero-order valence-electron chi connectivity index (χ0n) is 8.91. The number of aromatic nitrogens is 2. The molecule has 1 aliphatic rings. The normalized spacial score (nSPS) is 28.5. The summed E-state index contributed by atoms with van der Waals surface area (Å²) in [6, 6.07) is -0.405. The van der Waals surface area contributed by atoms with Gasteiger partial charge < -0.3 is 21.3 Å². The molecule has 3 atom stereocenters. The van der Waals surface area contributed by atoms with Gasteiger partial charge in [0.1, 0.15) is 6.23 Å². The minimum absolute atomic E-state index is 0.253. The van der Waals surface area contributed by atoms with Crippen molar-refractivity contribution in [2.45, 2.75) is 24.8 Å². The summed E-state index contributed by atoms with van der Waals surface area (Å²) < 4.78 is 19.5. The summed E-state index contributed by atoms with van der Waals surface area (Å²) in [5, 5.41) is 8.97. The Balaban J connectivity index is 2.30. The van der Waals surface area contributed by atoms with Gasteiger partial charge in [-0.15, -0.1) is 0 Å². The van der Waals surface area contributed by atoms with Crippen LogP contribution in [0.25, 0.3) is 0 Å². The molecule has 2 heterocycles. The molecule has 1 saturated heterocycles. The van der Waals surface area contributed by atoms with Crippen LogP contribution < -0.4 is 17.2 Å². The molecule has 0 bridgehead atoms. The van der Waals surface area contributed by atoms with Crippen LogP contribution >= 0.6 is 0 Å². The number of nitrogen functional groups attached to an aromatic ring is 1. The van der Waals surface area contributed by atoms with Gasteiger partial charge >= 0.3 is 5.69 Å². The maximum atomic E-state index is 13.2. The predicted octanol–water partition coefficient (Wildman–Crippen LogP) is -1.43. The molecule has 1 aromatic rings. The second-order valence-corrected chi connectivity index (χ2v) is 3.88. The highest BCUT2D eigenvalue weighted by Gasteiger charge is 2.34. The van der Waals surface area contributed by atoms with Crippen LogP contribution in [-0.4, -0.2) is 33.4 Å². The number of anilines is 1. The number of halogens is 1. The van der Waals surface area contributed by atoms with Crippen LogP contribution in [0.2, 0.25) is 0 Å². The van der Waals surface area contributed by atoms with E-state index in [9.17, 15) is 9.18 Å². The Morgan fingerprint density at radius 2 is 2.41 bits per heavy atom. The zero-order valence-corrected chi connectivity index (χ0v) is 8.91. The average molecular weight is 244 g/mol. The van der Waals surface area contributed by atoms with E-state index in [4.69, 9.17) is 21.3 Å². The molecule has 0 saturated carbocycles. The molecule has 2 rings (SSSR count). The third-order valence-corrected chi connectivity index (χ3v) is 2.71. The van der Waals surface area contributed by atoms with E-state index in [0.717, 1.165) is 10.8 Å². The van der Waals surface area contributed by atoms with Crippen LogP contribution in [-0.2, 0) is 4.74 Å². The van der Waals surface area contributed by atoms with Crippen molar-refractivity contribution in [2.75, 3.05) is 12.3 Å². The molecule has 7 nitrogen and oxygen atoms in total. The maximum absolute atomic E-state index is 13.2. The fourth-order valence-electron chi connectivity index (χ4n) is 1.76. The van der Waals surface area contributed by atoms with Gasteiger partial charge in [-0.1, -0.05) is 0 Å². The number of nitrogens with zero attached hydrogens (tertiary/aromatic N) is 2. The van der Waals surface area contributed by atoms with Gasteiger partial charge in [0.25, 0.3) is 0 Å². The van der Waals surface area contributed by atoms with Gasteiger partial charge in [-0.05, 0) is 0 Å². The van der Waals surface area contributed by atoms with Gasteiger partial charge in [-0.25, -0.2) is 9.18 Å². The lowest BCUT2D eigenvalue weighted by Gasteiger charge is -2.14. The predicted molar refractivity (Wildman–Crippen MR) is 56.5 cm³/mol. The highest BCUT2D eigenvalue weighted by molar-refractivity contribution is 5.26. The van der Waals surface area contributed by atoms with Gasteiger partial charge in [-0.3, -0.25) is 4.57 Å². The van der Waals surface area contributed by atoms with Crippen molar-refractivity contribution in [1.82, 2.24) is 9.55 Å². The molecule has 1 unspecified atom stereocenters. The summed E-state index contributed by atoms with van der Waals surface area (Å²) in [4.78, 5) is 14.8. The summed E-state index contributed by atoms with van der Waals surface area (Å²) in [7, 11) is 0. The van der Waals surface area contributed by atoms with Gasteiger partial charge in [0.15, 0.2) is 11.6 Å². The third-order valence-electron chi connectivity index (χ3n) is 2.71. The molecule has 1 aliphatic heterocycles. The van der Waals surface area contributed by atoms with Crippen molar-refractivity contribution < 1.29 is 14.2 Å². The van der Waals surface area contributed by atoms with E-state index >= 15 is 0 Å². The Bertz CT molecular complexity index is 478. The molecule has 94 valence electrons. The smallest absolute Gasteiger partial charge is 0.351 e. The number of ether oxygens (including phenoxy) is 1. The van der Waals surface area contributed by atoms with Gasteiger partial charge in [0.2, 0.25) is 0 Å². The molecule has 8 heteroatoms. The van der Waals surface area contributed by atoms with Crippen molar-refractivity contribution in [3.05, 3.63) is 22.5 Å². The molecule has 0 aliphatic carbocycles. The van der Waals surface area contributed by atoms with Crippen molar-refractivity contribution >= 4 is 5.82 Å². The van der Waals surface area contributed by atoms with E-state index in [0.29, 0.717) is 6.42 Å². The van der Waals surface area contributed by atoms with E-state index < -0.39 is 35.7 Å². The first-order valence-corrected chi connectivity index (χ1v) is 5.09. The summed E-state index contributed by atoms with van der Waals surface area (Å²) in [6.07, 6.45) is -0.0531. The van der Waals surface area contributed by atoms with E-state index in [-0.39, 0.29) is 6.61 Å². The summed E-state index contributed by atoms with van der Waals surface area (Å²) in [5.41, 5.74) is 10.2. The van der Waals surface area contributed by atoms with E-state index in [1.54, 1.807) is 0 Å². The standard InChI is InChI=1S/C9H13FN4O3/c10-4-2-14(9(16)13-8(4)12)7-1-5(11)6(3-15)17-7/h2,5-7,15H,1,3,11H2,(H2,12,13,16)/t5?,6-,7-/m1/s1. The Morgan fingerprint density at radius 3 is 3.00 bits per heavy atom. The summed E-state index contributed by atoms with van der Waals surface area (Å²) >= 11 is 0. The third kappa shape index (κ3) is 2.14. The molecule has 0 aromatic carbocycles. The lowest BCUT2D eigenvalue weighted by molar-refractivity contribution is -0.0274. The van der Waals surface area contributed by atoms with Crippen LogP contribution in [0.15, 0.2) is 11.0 Å². The summed E-state index contributed by atoms with van der Waals surface area (Å²) in [6.45, 7) is -0.253. The molecule has 5 N–H and O–H groups in total. The minimum atomic E-state index is -0.797. The molecule has 1 aromatic heterocycles. The van der Waals surface area contributed by atoms with Gasteiger partial charge in [0.05, 0.1) is 18.9 Å². The van der Waals surface area contributed by atoms with E-state index in [1.807, 2.05) is 0 Å². The first kappa shape index (κ1) is 12.0. The van der Waals surface area contributed by atoms with Crippen LogP contribution in [0.4, 0.5) is 10.2 Å².